The number of carbonyl (C=O) groups is 1. The van der Waals surface area contributed by atoms with Crippen LogP contribution >= 0.6 is 0 Å². The Labute approximate surface area is 157 Å². The van der Waals surface area contributed by atoms with Gasteiger partial charge >= 0.3 is 0 Å². The summed E-state index contributed by atoms with van der Waals surface area (Å²) >= 11 is 0. The smallest absolute Gasteiger partial charge is 0.224 e. The molecule has 2 aromatic carbocycles. The summed E-state index contributed by atoms with van der Waals surface area (Å²) in [4.78, 5) is 17.0. The van der Waals surface area contributed by atoms with Crippen LogP contribution in [0.25, 0.3) is 11.4 Å². The number of nitrogens with one attached hydrogen (secondary N) is 2. The maximum absolute atomic E-state index is 12.8. The largest absolute Gasteiger partial charge is 0.493 e. The third-order valence-electron chi connectivity index (χ3n) is 5.70. The second-order valence-electron chi connectivity index (χ2n) is 7.26. The van der Waals surface area contributed by atoms with E-state index in [1.54, 1.807) is 0 Å². The Morgan fingerprint density at radius 3 is 3.07 bits per heavy atom. The molecule has 1 saturated carbocycles. The van der Waals surface area contributed by atoms with Gasteiger partial charge in [0.1, 0.15) is 12.1 Å². The van der Waals surface area contributed by atoms with Crippen molar-refractivity contribution in [2.24, 2.45) is 5.92 Å². The maximum atomic E-state index is 12.8. The average molecular weight is 360 g/mol. The summed E-state index contributed by atoms with van der Waals surface area (Å²) in [6.07, 6.45) is 3.29. The van der Waals surface area contributed by atoms with Gasteiger partial charge < -0.3 is 10.1 Å². The Bertz CT molecular complexity index is 985. The molecule has 1 aliphatic carbocycles. The van der Waals surface area contributed by atoms with Crippen molar-refractivity contribution < 1.29 is 9.53 Å². The number of para-hydroxylation sites is 1. The van der Waals surface area contributed by atoms with E-state index in [1.165, 1.54) is 11.9 Å². The number of amides is 1. The fourth-order valence-corrected chi connectivity index (χ4v) is 4.19. The predicted octanol–water partition coefficient (Wildman–Crippen LogP) is 2.83. The third-order valence-corrected chi connectivity index (χ3v) is 5.70. The lowest BCUT2D eigenvalue weighted by Crippen LogP contribution is -2.30. The number of aromatic nitrogens is 3. The number of ether oxygens (including phenoxy) is 1. The Kier molecular flexibility index (Phi) is 3.70. The zero-order valence-electron chi connectivity index (χ0n) is 14.8. The molecule has 2 aliphatic rings. The number of hydrogen-bond acceptors (Lipinski definition) is 4. The summed E-state index contributed by atoms with van der Waals surface area (Å²) in [5, 5.41) is 9.86. The number of rotatable bonds is 4. The van der Waals surface area contributed by atoms with Crippen LogP contribution in [-0.4, -0.2) is 27.7 Å². The lowest BCUT2D eigenvalue weighted by Gasteiger charge is -2.26. The first kappa shape index (κ1) is 16.1. The molecule has 1 spiro atoms. The molecule has 6 heteroatoms. The number of H-pyrrole nitrogens is 1. The monoisotopic (exact) mass is 360 g/mol. The van der Waals surface area contributed by atoms with Crippen molar-refractivity contribution in [3.63, 3.8) is 0 Å². The van der Waals surface area contributed by atoms with E-state index in [0.717, 1.165) is 35.5 Å². The van der Waals surface area contributed by atoms with Crippen LogP contribution in [0.3, 0.4) is 0 Å². The van der Waals surface area contributed by atoms with Crippen LogP contribution < -0.4 is 10.1 Å². The molecule has 2 atom stereocenters. The van der Waals surface area contributed by atoms with Crippen LogP contribution in [0.1, 0.15) is 24.0 Å². The minimum atomic E-state index is -0.0411. The van der Waals surface area contributed by atoms with E-state index in [0.29, 0.717) is 13.2 Å². The summed E-state index contributed by atoms with van der Waals surface area (Å²) in [5.74, 6) is 1.80. The zero-order chi connectivity index (χ0) is 18.3. The number of hydrogen-bond donors (Lipinski definition) is 2. The first-order valence-corrected chi connectivity index (χ1v) is 9.21. The summed E-state index contributed by atoms with van der Waals surface area (Å²) in [7, 11) is 0. The Balaban J connectivity index is 1.28. The molecule has 3 aromatic rings. The van der Waals surface area contributed by atoms with E-state index in [4.69, 9.17) is 4.74 Å². The SMILES string of the molecule is O=C(NCc1cccc(-c2ncn[nH]2)c1)[C@@H]1C[C@]12CCOc1ccccc12. The van der Waals surface area contributed by atoms with Crippen molar-refractivity contribution >= 4 is 5.91 Å². The van der Waals surface area contributed by atoms with E-state index >= 15 is 0 Å². The highest BCUT2D eigenvalue weighted by atomic mass is 16.5. The van der Waals surface area contributed by atoms with Gasteiger partial charge in [-0.15, -0.1) is 0 Å². The van der Waals surface area contributed by atoms with Crippen LogP contribution in [0.4, 0.5) is 0 Å². The van der Waals surface area contributed by atoms with Crippen molar-refractivity contribution in [2.45, 2.75) is 24.8 Å². The van der Waals surface area contributed by atoms with Gasteiger partial charge in [0.25, 0.3) is 0 Å². The van der Waals surface area contributed by atoms with Gasteiger partial charge in [0.05, 0.1) is 6.61 Å². The van der Waals surface area contributed by atoms with Crippen molar-refractivity contribution in [1.29, 1.82) is 0 Å². The van der Waals surface area contributed by atoms with Gasteiger partial charge in [0.2, 0.25) is 5.91 Å². The van der Waals surface area contributed by atoms with E-state index in [9.17, 15) is 4.79 Å². The first-order valence-electron chi connectivity index (χ1n) is 9.21. The fraction of sp³-hybridized carbons (Fsp3) is 0.286. The van der Waals surface area contributed by atoms with Crippen LogP contribution in [0.15, 0.2) is 54.9 Å². The second kappa shape index (κ2) is 6.23. The highest BCUT2D eigenvalue weighted by molar-refractivity contribution is 5.85. The molecular formula is C21H20N4O2. The van der Waals surface area contributed by atoms with Gasteiger partial charge in [-0.3, -0.25) is 9.89 Å². The average Bonchev–Trinajstić information content (AvgIpc) is 3.15. The molecule has 0 radical (unpaired) electrons. The molecule has 1 amide bonds. The molecule has 1 fully saturated rings. The molecule has 2 N–H and O–H groups in total. The fourth-order valence-electron chi connectivity index (χ4n) is 4.19. The molecule has 27 heavy (non-hydrogen) atoms. The van der Waals surface area contributed by atoms with Gasteiger partial charge in [-0.1, -0.05) is 36.4 Å². The summed E-state index contributed by atoms with van der Waals surface area (Å²) in [6.45, 7) is 1.19. The third kappa shape index (κ3) is 2.77. The van der Waals surface area contributed by atoms with Gasteiger partial charge in [-0.25, -0.2) is 4.98 Å². The van der Waals surface area contributed by atoms with Gasteiger partial charge in [-0.05, 0) is 30.5 Å². The van der Waals surface area contributed by atoms with Crippen molar-refractivity contribution in [3.8, 4) is 17.1 Å². The van der Waals surface area contributed by atoms with Crippen LogP contribution in [0, 0.1) is 5.92 Å². The molecule has 1 aromatic heterocycles. The molecule has 6 nitrogen and oxygen atoms in total. The molecule has 5 rings (SSSR count). The minimum absolute atomic E-state index is 0.0278. The normalized spacial score (nSPS) is 22.7. The van der Waals surface area contributed by atoms with E-state index in [2.05, 4.69) is 26.6 Å². The summed E-state index contributed by atoms with van der Waals surface area (Å²) in [6, 6.07) is 16.1. The number of fused-ring (bicyclic) bond motifs is 2. The van der Waals surface area contributed by atoms with Crippen LogP contribution in [-0.2, 0) is 16.8 Å². The lowest BCUT2D eigenvalue weighted by molar-refractivity contribution is -0.123. The minimum Gasteiger partial charge on any atom is -0.493 e. The Morgan fingerprint density at radius 2 is 2.19 bits per heavy atom. The summed E-state index contributed by atoms with van der Waals surface area (Å²) < 4.78 is 5.76. The highest BCUT2D eigenvalue weighted by Gasteiger charge is 2.60. The topological polar surface area (TPSA) is 79.9 Å². The highest BCUT2D eigenvalue weighted by Crippen LogP contribution is 2.60. The number of aromatic amines is 1. The van der Waals surface area contributed by atoms with Gasteiger partial charge in [-0.2, -0.15) is 5.10 Å². The second-order valence-corrected chi connectivity index (χ2v) is 7.26. The zero-order valence-corrected chi connectivity index (χ0v) is 14.8. The van der Waals surface area contributed by atoms with E-state index < -0.39 is 0 Å². The standard InChI is InChI=1S/C21H20N4O2/c26-20(17-11-21(17)8-9-27-18-7-2-1-6-16(18)21)22-12-14-4-3-5-15(10-14)19-23-13-24-25-19/h1-7,10,13,17H,8-9,11-12H2,(H,22,26)(H,23,24,25)/t17-,21-/m0/s1. The van der Waals surface area contributed by atoms with Crippen LogP contribution in [0.2, 0.25) is 0 Å². The summed E-state index contributed by atoms with van der Waals surface area (Å²) in [5.41, 5.74) is 3.14. The molecule has 2 heterocycles. The van der Waals surface area contributed by atoms with Crippen molar-refractivity contribution in [2.75, 3.05) is 6.61 Å². The lowest BCUT2D eigenvalue weighted by atomic mass is 9.87. The predicted molar refractivity (Wildman–Crippen MR) is 100 cm³/mol. The van der Waals surface area contributed by atoms with Crippen molar-refractivity contribution in [3.05, 3.63) is 66.0 Å². The van der Waals surface area contributed by atoms with E-state index in [-0.39, 0.29) is 17.2 Å². The molecule has 0 bridgehead atoms. The van der Waals surface area contributed by atoms with Crippen LogP contribution in [0.5, 0.6) is 5.75 Å². The maximum Gasteiger partial charge on any atom is 0.224 e. The quantitative estimate of drug-likeness (QED) is 0.750. The number of nitrogens with zero attached hydrogens (tertiary/aromatic N) is 2. The molecule has 136 valence electrons. The Morgan fingerprint density at radius 1 is 1.26 bits per heavy atom. The first-order chi connectivity index (χ1) is 13.3. The number of carbonyl (C=O) groups excluding carboxylic acids is 1. The molecular weight excluding hydrogens is 340 g/mol. The Hall–Kier alpha value is -3.15. The number of benzene rings is 2. The van der Waals surface area contributed by atoms with Gasteiger partial charge in [0, 0.05) is 29.0 Å². The molecule has 0 saturated heterocycles. The van der Waals surface area contributed by atoms with Gasteiger partial charge in [0.15, 0.2) is 5.82 Å². The van der Waals surface area contributed by atoms with E-state index in [1.807, 2.05) is 42.5 Å². The molecule has 0 unspecified atom stereocenters. The molecule has 1 aliphatic heterocycles. The van der Waals surface area contributed by atoms with Crippen molar-refractivity contribution in [1.82, 2.24) is 20.5 Å².